The van der Waals surface area contributed by atoms with Crippen molar-refractivity contribution in [2.24, 2.45) is 0 Å². The average Bonchev–Trinajstić information content (AvgIpc) is 3.33. The van der Waals surface area contributed by atoms with Crippen LogP contribution < -0.4 is 0 Å². The summed E-state index contributed by atoms with van der Waals surface area (Å²) in [4.78, 5) is 7.17. The number of nitrogens with one attached hydrogen (secondary N) is 1. The average molecular weight is 307 g/mol. The van der Waals surface area contributed by atoms with Crippen LogP contribution in [0.1, 0.15) is 60.3 Å². The summed E-state index contributed by atoms with van der Waals surface area (Å²) >= 11 is 0. The van der Waals surface area contributed by atoms with Gasteiger partial charge in [-0.05, 0) is 56.5 Å². The highest BCUT2D eigenvalue weighted by Crippen LogP contribution is 2.38. The van der Waals surface area contributed by atoms with E-state index in [0.717, 1.165) is 49.7 Å². The minimum atomic E-state index is 0.511. The number of piperidine rings is 1. The highest BCUT2D eigenvalue weighted by Gasteiger charge is 2.30. The molecule has 5 nitrogen and oxygen atoms in total. The Hall–Kier alpha value is -2.19. The van der Waals surface area contributed by atoms with Gasteiger partial charge < -0.3 is 0 Å². The van der Waals surface area contributed by atoms with Crippen molar-refractivity contribution in [3.8, 4) is 6.07 Å². The van der Waals surface area contributed by atoms with Crippen molar-refractivity contribution < 1.29 is 0 Å². The van der Waals surface area contributed by atoms with Gasteiger partial charge in [-0.1, -0.05) is 12.1 Å². The first-order valence-electron chi connectivity index (χ1n) is 8.45. The van der Waals surface area contributed by atoms with Crippen LogP contribution in [0, 0.1) is 11.3 Å². The van der Waals surface area contributed by atoms with Gasteiger partial charge in [0, 0.05) is 18.4 Å². The Balaban J connectivity index is 1.34. The lowest BCUT2D eigenvalue weighted by atomic mass is 9.95. The second-order valence-corrected chi connectivity index (χ2v) is 6.72. The summed E-state index contributed by atoms with van der Waals surface area (Å²) in [5, 5.41) is 16.5. The van der Waals surface area contributed by atoms with Gasteiger partial charge in [-0.15, -0.1) is 0 Å². The van der Waals surface area contributed by atoms with Crippen LogP contribution in [0.4, 0.5) is 0 Å². The lowest BCUT2D eigenvalue weighted by molar-refractivity contribution is 0.202. The normalized spacial score (nSPS) is 19.6. The van der Waals surface area contributed by atoms with Crippen LogP contribution in [0.3, 0.4) is 0 Å². The van der Waals surface area contributed by atoms with E-state index in [-0.39, 0.29) is 0 Å². The molecule has 1 aromatic carbocycles. The zero-order chi connectivity index (χ0) is 15.6. The van der Waals surface area contributed by atoms with Crippen molar-refractivity contribution in [1.82, 2.24) is 20.1 Å². The zero-order valence-electron chi connectivity index (χ0n) is 13.2. The van der Waals surface area contributed by atoms with Gasteiger partial charge >= 0.3 is 0 Å². The van der Waals surface area contributed by atoms with Crippen molar-refractivity contribution in [3.63, 3.8) is 0 Å². The smallest absolute Gasteiger partial charge is 0.153 e. The molecule has 23 heavy (non-hydrogen) atoms. The van der Waals surface area contributed by atoms with E-state index >= 15 is 0 Å². The van der Waals surface area contributed by atoms with Gasteiger partial charge in [-0.3, -0.25) is 10.00 Å². The minimum Gasteiger partial charge on any atom is -0.299 e. The summed E-state index contributed by atoms with van der Waals surface area (Å²) in [6.07, 6.45) is 4.74. The lowest BCUT2D eigenvalue weighted by Gasteiger charge is -2.30. The summed E-state index contributed by atoms with van der Waals surface area (Å²) in [6, 6.07) is 10.1. The summed E-state index contributed by atoms with van der Waals surface area (Å²) in [7, 11) is 0. The monoisotopic (exact) mass is 307 g/mol. The number of rotatable bonds is 4. The molecule has 0 atom stereocenters. The zero-order valence-corrected chi connectivity index (χ0v) is 13.2. The van der Waals surface area contributed by atoms with Gasteiger partial charge in [0.2, 0.25) is 0 Å². The topological polar surface area (TPSA) is 68.6 Å². The Morgan fingerprint density at radius 3 is 2.74 bits per heavy atom. The first-order chi connectivity index (χ1) is 11.3. The first-order valence-corrected chi connectivity index (χ1v) is 8.45. The van der Waals surface area contributed by atoms with E-state index in [0.29, 0.717) is 11.8 Å². The predicted octanol–water partition coefficient (Wildman–Crippen LogP) is 2.93. The molecule has 1 N–H and O–H groups in total. The second-order valence-electron chi connectivity index (χ2n) is 6.72. The van der Waals surface area contributed by atoms with Crippen molar-refractivity contribution in [2.45, 2.75) is 44.1 Å². The fourth-order valence-electron chi connectivity index (χ4n) is 3.36. The molecule has 1 aromatic heterocycles. The fraction of sp³-hybridized carbons (Fsp3) is 0.500. The van der Waals surface area contributed by atoms with Gasteiger partial charge in [-0.25, -0.2) is 4.98 Å². The Morgan fingerprint density at radius 1 is 1.17 bits per heavy atom. The predicted molar refractivity (Wildman–Crippen MR) is 86.8 cm³/mol. The molecule has 2 aliphatic rings. The number of hydrogen-bond acceptors (Lipinski definition) is 4. The quantitative estimate of drug-likeness (QED) is 0.943. The molecule has 2 aromatic rings. The van der Waals surface area contributed by atoms with Gasteiger partial charge in [0.1, 0.15) is 5.82 Å². The van der Waals surface area contributed by atoms with Crippen LogP contribution in [-0.4, -0.2) is 33.2 Å². The third kappa shape index (κ3) is 3.27. The summed E-state index contributed by atoms with van der Waals surface area (Å²) < 4.78 is 0. The summed E-state index contributed by atoms with van der Waals surface area (Å²) in [5.74, 6) is 3.23. The molecule has 1 aliphatic carbocycles. The van der Waals surface area contributed by atoms with Gasteiger partial charge in [0.15, 0.2) is 5.82 Å². The maximum absolute atomic E-state index is 8.99. The van der Waals surface area contributed by atoms with Gasteiger partial charge in [-0.2, -0.15) is 10.4 Å². The number of H-pyrrole nitrogens is 1. The van der Waals surface area contributed by atoms with Crippen molar-refractivity contribution >= 4 is 0 Å². The van der Waals surface area contributed by atoms with Crippen LogP contribution in [0.25, 0.3) is 0 Å². The number of nitrogens with zero attached hydrogens (tertiary/aromatic N) is 4. The molecular weight excluding hydrogens is 286 g/mol. The molecule has 118 valence electrons. The maximum Gasteiger partial charge on any atom is 0.153 e. The minimum absolute atomic E-state index is 0.511. The number of benzene rings is 1. The molecule has 0 unspecified atom stereocenters. The molecule has 1 saturated heterocycles. The number of likely N-dealkylation sites (tertiary alicyclic amines) is 1. The van der Waals surface area contributed by atoms with Crippen LogP contribution in [0.2, 0.25) is 0 Å². The molecule has 1 saturated carbocycles. The Kier molecular flexibility index (Phi) is 3.84. The van der Waals surface area contributed by atoms with Crippen molar-refractivity contribution in [3.05, 3.63) is 47.0 Å². The molecule has 0 spiro atoms. The lowest BCUT2D eigenvalue weighted by Crippen LogP contribution is -2.32. The van der Waals surface area contributed by atoms with Crippen LogP contribution in [-0.2, 0) is 6.54 Å². The number of nitriles is 1. The van der Waals surface area contributed by atoms with Crippen molar-refractivity contribution in [2.75, 3.05) is 13.1 Å². The molecular formula is C18H21N5. The summed E-state index contributed by atoms with van der Waals surface area (Å²) in [6.45, 7) is 3.06. The van der Waals surface area contributed by atoms with E-state index in [9.17, 15) is 0 Å². The van der Waals surface area contributed by atoms with E-state index in [1.807, 2.05) is 18.2 Å². The van der Waals surface area contributed by atoms with E-state index < -0.39 is 0 Å². The van der Waals surface area contributed by atoms with Crippen molar-refractivity contribution in [1.29, 1.82) is 5.26 Å². The molecule has 2 heterocycles. The molecule has 0 amide bonds. The molecule has 5 heteroatoms. The summed E-state index contributed by atoms with van der Waals surface area (Å²) in [5.41, 5.74) is 1.96. The fourth-order valence-corrected chi connectivity index (χ4v) is 3.36. The third-order valence-electron chi connectivity index (χ3n) is 4.90. The molecule has 0 radical (unpaired) electrons. The van der Waals surface area contributed by atoms with Gasteiger partial charge in [0.25, 0.3) is 0 Å². The van der Waals surface area contributed by atoms with Crippen LogP contribution in [0.15, 0.2) is 24.3 Å². The van der Waals surface area contributed by atoms with E-state index in [4.69, 9.17) is 10.2 Å². The maximum atomic E-state index is 8.99. The largest absolute Gasteiger partial charge is 0.299 e. The highest BCUT2D eigenvalue weighted by molar-refractivity contribution is 5.32. The van der Waals surface area contributed by atoms with E-state index in [2.05, 4.69) is 27.2 Å². The van der Waals surface area contributed by atoms with Crippen LogP contribution in [0.5, 0.6) is 0 Å². The number of aromatic amines is 1. The Morgan fingerprint density at radius 2 is 2.00 bits per heavy atom. The molecule has 0 bridgehead atoms. The second kappa shape index (κ2) is 6.13. The van der Waals surface area contributed by atoms with Crippen LogP contribution >= 0.6 is 0 Å². The molecule has 2 fully saturated rings. The van der Waals surface area contributed by atoms with E-state index in [1.165, 1.54) is 18.4 Å². The highest BCUT2D eigenvalue weighted by atomic mass is 15.2. The Bertz CT molecular complexity index is 717. The van der Waals surface area contributed by atoms with Gasteiger partial charge in [0.05, 0.1) is 11.6 Å². The number of aromatic nitrogens is 3. The number of hydrogen-bond donors (Lipinski definition) is 1. The third-order valence-corrected chi connectivity index (χ3v) is 4.90. The first kappa shape index (κ1) is 14.4. The van der Waals surface area contributed by atoms with E-state index in [1.54, 1.807) is 0 Å². The standard InChI is InChI=1S/C18H21N5/c19-11-13-2-1-3-14(10-13)12-23-8-6-16(7-9-23)18-20-17(21-22-18)15-4-5-15/h1-3,10,15-16H,4-9,12H2,(H,20,21,22). The molecule has 4 rings (SSSR count). The molecule has 1 aliphatic heterocycles. The SMILES string of the molecule is N#Cc1cccc(CN2CCC(c3nc(C4CC4)n[nH]3)CC2)c1. The Labute approximate surface area is 136 Å².